The third kappa shape index (κ3) is 6.65. The van der Waals surface area contributed by atoms with E-state index in [4.69, 9.17) is 23.2 Å². The molecule has 2 fully saturated rings. The zero-order chi connectivity index (χ0) is 27.6. The van der Waals surface area contributed by atoms with Crippen molar-refractivity contribution in [2.45, 2.75) is 57.8 Å². The van der Waals surface area contributed by atoms with Crippen LogP contribution in [-0.4, -0.2) is 90.0 Å². The number of likely N-dealkylation sites (tertiary alicyclic amines) is 2. The molecule has 0 unspecified atom stereocenters. The summed E-state index contributed by atoms with van der Waals surface area (Å²) in [4.78, 5) is 26.3. The van der Waals surface area contributed by atoms with Crippen molar-refractivity contribution in [2.75, 3.05) is 39.5 Å². The van der Waals surface area contributed by atoms with E-state index in [1.807, 2.05) is 6.07 Å². The lowest BCUT2D eigenvalue weighted by Crippen LogP contribution is -2.52. The molecule has 1 amide bonds. The molecule has 2 saturated heterocycles. The summed E-state index contributed by atoms with van der Waals surface area (Å²) in [7, 11) is -1.54. The van der Waals surface area contributed by atoms with Crippen molar-refractivity contribution in [1.82, 2.24) is 24.1 Å². The van der Waals surface area contributed by atoms with E-state index >= 15 is 0 Å². The molecule has 0 radical (unpaired) electrons. The number of halogens is 3. The number of carbonyl (C=O) groups is 1. The smallest absolute Gasteiger partial charge is 0.272 e. The molecule has 1 aromatic carbocycles. The van der Waals surface area contributed by atoms with Crippen LogP contribution in [-0.2, 0) is 23.1 Å². The summed E-state index contributed by atoms with van der Waals surface area (Å²) < 4.78 is 38.9. The molecule has 0 spiro atoms. The van der Waals surface area contributed by atoms with Gasteiger partial charge in [0.15, 0.2) is 5.82 Å². The van der Waals surface area contributed by atoms with Gasteiger partial charge < -0.3 is 9.80 Å². The molecule has 12 heteroatoms. The Labute approximate surface area is 234 Å². The van der Waals surface area contributed by atoms with Gasteiger partial charge in [0.1, 0.15) is 12.4 Å². The van der Waals surface area contributed by atoms with Crippen molar-refractivity contribution in [2.24, 2.45) is 0 Å². The fourth-order valence-electron chi connectivity index (χ4n) is 5.37. The summed E-state index contributed by atoms with van der Waals surface area (Å²) in [6, 6.07) is 5.66. The van der Waals surface area contributed by atoms with Crippen LogP contribution in [0, 0.1) is 6.92 Å². The maximum Gasteiger partial charge on any atom is 0.272 e. The Balaban J connectivity index is 1.40. The lowest BCUT2D eigenvalue weighted by atomic mass is 9.97. The van der Waals surface area contributed by atoms with Crippen LogP contribution in [0.25, 0.3) is 0 Å². The molecule has 8 nitrogen and oxygen atoms in total. The van der Waals surface area contributed by atoms with Gasteiger partial charge in [0.05, 0.1) is 22.0 Å². The van der Waals surface area contributed by atoms with Gasteiger partial charge in [0.2, 0.25) is 10.0 Å². The number of piperidine rings is 2. The molecule has 2 aliphatic rings. The van der Waals surface area contributed by atoms with Crippen molar-refractivity contribution < 1.29 is 17.6 Å². The van der Waals surface area contributed by atoms with Crippen LogP contribution < -0.4 is 0 Å². The first kappa shape index (κ1) is 29.1. The fraction of sp³-hybridized carbons (Fsp3) is 0.577. The normalized spacial score (nSPS) is 18.3. The maximum atomic E-state index is 13.6. The van der Waals surface area contributed by atoms with Crippen molar-refractivity contribution in [3.05, 3.63) is 56.6 Å². The Morgan fingerprint density at radius 3 is 2.32 bits per heavy atom. The molecule has 2 aliphatic heterocycles. The second kappa shape index (κ2) is 12.1. The van der Waals surface area contributed by atoms with Crippen LogP contribution in [0.4, 0.5) is 4.39 Å². The van der Waals surface area contributed by atoms with E-state index in [1.165, 1.54) is 10.6 Å². The van der Waals surface area contributed by atoms with Crippen molar-refractivity contribution in [1.29, 1.82) is 0 Å². The predicted octanol–water partition coefficient (Wildman–Crippen LogP) is 4.11. The average molecular weight is 587 g/mol. The number of nitrogens with zero attached hydrogens (tertiary/aromatic N) is 5. The second-order valence-electron chi connectivity index (χ2n) is 10.2. The highest BCUT2D eigenvalue weighted by molar-refractivity contribution is 7.88. The molecular formula is C26H34Cl2FN5O3S. The number of rotatable bonds is 7. The van der Waals surface area contributed by atoms with Crippen LogP contribution >= 0.6 is 23.2 Å². The van der Waals surface area contributed by atoms with E-state index < -0.39 is 16.7 Å². The Morgan fingerprint density at radius 1 is 1.08 bits per heavy atom. The highest BCUT2D eigenvalue weighted by atomic mass is 35.5. The summed E-state index contributed by atoms with van der Waals surface area (Å²) in [5.41, 5.74) is 2.33. The molecule has 38 heavy (non-hydrogen) atoms. The summed E-state index contributed by atoms with van der Waals surface area (Å²) in [6.07, 6.45) is 4.89. The van der Waals surface area contributed by atoms with E-state index in [1.54, 1.807) is 31.0 Å². The van der Waals surface area contributed by atoms with Gasteiger partial charge in [-0.05, 0) is 63.4 Å². The lowest BCUT2D eigenvalue weighted by Gasteiger charge is -2.43. The SMILES string of the molecule is Cc1c(Cc2ccc(Cl)c(Cl)c2)nc(CF)nc1C(=O)N1CCC(N2CCC(N(C)S(C)(=O)=O)CC2)CC1. The Bertz CT molecular complexity index is 1280. The third-order valence-corrected chi connectivity index (χ3v) is 9.86. The van der Waals surface area contributed by atoms with Crippen LogP contribution in [0.2, 0.25) is 10.0 Å². The molecule has 0 bridgehead atoms. The molecule has 4 rings (SSSR count). The van der Waals surface area contributed by atoms with E-state index in [2.05, 4.69) is 14.9 Å². The van der Waals surface area contributed by atoms with Crippen LogP contribution in [0.15, 0.2) is 18.2 Å². The minimum Gasteiger partial charge on any atom is -0.337 e. The number of alkyl halides is 1. The molecule has 0 saturated carbocycles. The topological polar surface area (TPSA) is 86.7 Å². The number of benzene rings is 1. The van der Waals surface area contributed by atoms with Gasteiger partial charge in [-0.3, -0.25) is 4.79 Å². The summed E-state index contributed by atoms with van der Waals surface area (Å²) >= 11 is 12.2. The Kier molecular flexibility index (Phi) is 9.30. The van der Waals surface area contributed by atoms with Gasteiger partial charge >= 0.3 is 0 Å². The van der Waals surface area contributed by atoms with Crippen LogP contribution in [0.3, 0.4) is 0 Å². The second-order valence-corrected chi connectivity index (χ2v) is 13.0. The van der Waals surface area contributed by atoms with Gasteiger partial charge in [0.25, 0.3) is 5.91 Å². The van der Waals surface area contributed by atoms with Gasteiger partial charge in [-0.2, -0.15) is 0 Å². The van der Waals surface area contributed by atoms with Crippen LogP contribution in [0.1, 0.15) is 58.8 Å². The number of sulfonamides is 1. The number of carbonyl (C=O) groups excluding carboxylic acids is 1. The number of hydrogen-bond acceptors (Lipinski definition) is 6. The number of aromatic nitrogens is 2. The zero-order valence-electron chi connectivity index (χ0n) is 22.0. The van der Waals surface area contributed by atoms with Crippen LogP contribution in [0.5, 0.6) is 0 Å². The van der Waals surface area contributed by atoms with Crippen molar-refractivity contribution in [3.8, 4) is 0 Å². The standard InChI is InChI=1S/C26H34Cl2FN5O3S/c1-17-23(15-18-4-5-21(27)22(28)14-18)30-24(16-29)31-25(17)26(35)34-12-8-20(9-13-34)33-10-6-19(7-11-33)32(2)38(3,36)37/h4-5,14,19-20H,6-13,15-16H2,1-3H3. The number of amides is 1. The molecule has 3 heterocycles. The largest absolute Gasteiger partial charge is 0.337 e. The Morgan fingerprint density at radius 2 is 1.74 bits per heavy atom. The highest BCUT2D eigenvalue weighted by Gasteiger charge is 2.33. The maximum absolute atomic E-state index is 13.6. The van der Waals surface area contributed by atoms with Gasteiger partial charge in [-0.1, -0.05) is 29.3 Å². The van der Waals surface area contributed by atoms with E-state index in [0.29, 0.717) is 46.9 Å². The lowest BCUT2D eigenvalue weighted by molar-refractivity contribution is 0.0542. The highest BCUT2D eigenvalue weighted by Crippen LogP contribution is 2.27. The Hall–Kier alpha value is -1.85. The first-order chi connectivity index (χ1) is 18.0. The van der Waals surface area contributed by atoms with Crippen molar-refractivity contribution in [3.63, 3.8) is 0 Å². The molecule has 2 aromatic rings. The predicted molar refractivity (Wildman–Crippen MR) is 147 cm³/mol. The molecular weight excluding hydrogens is 552 g/mol. The molecule has 1 aromatic heterocycles. The summed E-state index contributed by atoms with van der Waals surface area (Å²) in [6.45, 7) is 3.79. The zero-order valence-corrected chi connectivity index (χ0v) is 24.3. The van der Waals surface area contributed by atoms with E-state index in [9.17, 15) is 17.6 Å². The van der Waals surface area contributed by atoms with Gasteiger partial charge in [-0.15, -0.1) is 0 Å². The van der Waals surface area contributed by atoms with E-state index in [-0.39, 0.29) is 23.5 Å². The monoisotopic (exact) mass is 585 g/mol. The fourth-order valence-corrected chi connectivity index (χ4v) is 6.44. The minimum absolute atomic E-state index is 0.00849. The minimum atomic E-state index is -3.20. The summed E-state index contributed by atoms with van der Waals surface area (Å²) in [5.74, 6) is -0.215. The molecule has 208 valence electrons. The van der Waals surface area contributed by atoms with Crippen molar-refractivity contribution >= 4 is 39.1 Å². The van der Waals surface area contributed by atoms with E-state index in [0.717, 1.165) is 44.3 Å². The first-order valence-corrected chi connectivity index (χ1v) is 15.4. The molecule has 0 aliphatic carbocycles. The summed E-state index contributed by atoms with van der Waals surface area (Å²) in [5, 5.41) is 0.872. The molecule has 0 N–H and O–H groups in total. The molecule has 0 atom stereocenters. The third-order valence-electron chi connectivity index (χ3n) is 7.78. The number of hydrogen-bond donors (Lipinski definition) is 0. The van der Waals surface area contributed by atoms with Gasteiger partial charge in [0, 0.05) is 44.2 Å². The quantitative estimate of drug-likeness (QED) is 0.486. The van der Waals surface area contributed by atoms with Gasteiger partial charge in [-0.25, -0.2) is 27.1 Å². The average Bonchev–Trinajstić information content (AvgIpc) is 2.90. The first-order valence-electron chi connectivity index (χ1n) is 12.8.